The maximum atomic E-state index is 13.3. The summed E-state index contributed by atoms with van der Waals surface area (Å²) in [5.74, 6) is -2.11. The maximum absolute atomic E-state index is 13.3. The molecule has 0 fully saturated rings. The predicted molar refractivity (Wildman–Crippen MR) is 146 cm³/mol. The van der Waals surface area contributed by atoms with Crippen molar-refractivity contribution in [1.29, 1.82) is 0 Å². The number of fused-ring (bicyclic) bond motifs is 2. The van der Waals surface area contributed by atoms with E-state index in [1.807, 2.05) is 0 Å². The summed E-state index contributed by atoms with van der Waals surface area (Å²) >= 11 is 12.6. The van der Waals surface area contributed by atoms with Crippen LogP contribution in [0, 0.1) is 0 Å². The van der Waals surface area contributed by atoms with E-state index < -0.39 is 45.1 Å². The van der Waals surface area contributed by atoms with Gasteiger partial charge in [-0.25, -0.2) is 9.59 Å². The van der Waals surface area contributed by atoms with Gasteiger partial charge in [0.1, 0.15) is 17.1 Å². The molecule has 2 aromatic carbocycles. The molecule has 222 valence electrons. The quantitative estimate of drug-likeness (QED) is 0.137. The first-order valence-electron chi connectivity index (χ1n) is 11.6. The minimum Gasteiger partial charge on any atom is -0.475 e. The Hall–Kier alpha value is -2.65. The lowest BCUT2D eigenvalue weighted by Gasteiger charge is -2.35. The number of rotatable bonds is 4. The number of benzene rings is 2. The molecule has 2 atom stereocenters. The summed E-state index contributed by atoms with van der Waals surface area (Å²) in [7, 11) is 0. The Balaban J connectivity index is 0.000000226. The van der Waals surface area contributed by atoms with E-state index >= 15 is 0 Å². The average Bonchev–Trinajstić information content (AvgIpc) is 2.87. The van der Waals surface area contributed by atoms with Gasteiger partial charge >= 0.3 is 24.3 Å². The number of ether oxygens (including phenoxy) is 4. The zero-order valence-corrected chi connectivity index (χ0v) is 24.6. The third-order valence-electron chi connectivity index (χ3n) is 5.35. The normalized spacial score (nSPS) is 19.5. The fourth-order valence-electron chi connectivity index (χ4n) is 3.59. The predicted octanol–water partition coefficient (Wildman–Crippen LogP) is 7.98. The molecule has 41 heavy (non-hydrogen) atoms. The van der Waals surface area contributed by atoms with Crippen LogP contribution in [0.25, 0.3) is 12.2 Å². The minimum atomic E-state index is -4.79. The SMILES string of the molecule is CCOC(=O)C1=Cc2cc(Cl)ccc2OC1(I)C(F)(F)F.CCOC(=O)C1=Cc2cc(Cl)ccc2OC1C(F)(F)F. The summed E-state index contributed by atoms with van der Waals surface area (Å²) in [5, 5.41) is 0.655. The first kappa shape index (κ1) is 32.9. The lowest BCUT2D eigenvalue weighted by Crippen LogP contribution is -2.49. The fourth-order valence-corrected chi connectivity index (χ4v) is 4.56. The largest absolute Gasteiger partial charge is 0.475 e. The van der Waals surface area contributed by atoms with Crippen LogP contribution >= 0.6 is 45.8 Å². The summed E-state index contributed by atoms with van der Waals surface area (Å²) in [4.78, 5) is 23.5. The van der Waals surface area contributed by atoms with Crippen molar-refractivity contribution in [2.24, 2.45) is 0 Å². The van der Waals surface area contributed by atoms with Crippen LogP contribution in [0.15, 0.2) is 47.5 Å². The van der Waals surface area contributed by atoms with Crippen LogP contribution in [0.3, 0.4) is 0 Å². The molecule has 0 aromatic heterocycles. The highest BCUT2D eigenvalue weighted by Crippen LogP contribution is 2.50. The number of hydrogen-bond donors (Lipinski definition) is 0. The lowest BCUT2D eigenvalue weighted by molar-refractivity contribution is -0.194. The van der Waals surface area contributed by atoms with Gasteiger partial charge in [-0.1, -0.05) is 23.2 Å². The van der Waals surface area contributed by atoms with Gasteiger partial charge in [-0.2, -0.15) is 26.3 Å². The molecule has 2 heterocycles. The molecule has 0 aliphatic carbocycles. The zero-order valence-electron chi connectivity index (χ0n) is 21.0. The van der Waals surface area contributed by atoms with Crippen molar-refractivity contribution in [2.45, 2.75) is 35.9 Å². The molecule has 0 amide bonds. The Kier molecular flexibility index (Phi) is 10.2. The van der Waals surface area contributed by atoms with Crippen molar-refractivity contribution < 1.29 is 54.9 Å². The number of halogens is 9. The lowest BCUT2D eigenvalue weighted by atomic mass is 10.0. The molecule has 2 aromatic rings. The summed E-state index contributed by atoms with van der Waals surface area (Å²) in [6, 6.07) is 8.32. The fraction of sp³-hybridized carbons (Fsp3) is 0.308. The van der Waals surface area contributed by atoms with E-state index in [2.05, 4.69) is 4.74 Å². The number of carbonyl (C=O) groups is 2. The number of alkyl halides is 7. The highest BCUT2D eigenvalue weighted by molar-refractivity contribution is 14.1. The Morgan fingerprint density at radius 1 is 0.878 bits per heavy atom. The van der Waals surface area contributed by atoms with Crippen molar-refractivity contribution in [3.05, 3.63) is 68.7 Å². The molecule has 6 nitrogen and oxygen atoms in total. The van der Waals surface area contributed by atoms with Gasteiger partial charge in [0.05, 0.1) is 18.8 Å². The van der Waals surface area contributed by atoms with Crippen LogP contribution in [-0.4, -0.2) is 47.2 Å². The molecule has 0 bridgehead atoms. The summed E-state index contributed by atoms with van der Waals surface area (Å²) in [5.41, 5.74) is -0.607. The van der Waals surface area contributed by atoms with Gasteiger partial charge in [-0.3, -0.25) is 0 Å². The minimum absolute atomic E-state index is 0.000765. The first-order valence-corrected chi connectivity index (χ1v) is 13.4. The van der Waals surface area contributed by atoms with E-state index in [0.29, 0.717) is 21.2 Å². The molecule has 0 saturated carbocycles. The topological polar surface area (TPSA) is 71.1 Å². The van der Waals surface area contributed by atoms with Gasteiger partial charge in [-0.05, 0) is 85.0 Å². The second kappa shape index (κ2) is 12.7. The van der Waals surface area contributed by atoms with E-state index in [-0.39, 0.29) is 24.7 Å². The van der Waals surface area contributed by atoms with E-state index in [0.717, 1.165) is 34.7 Å². The molecule has 15 heteroatoms. The molecule has 0 radical (unpaired) electrons. The molecular weight excluding hydrogens is 720 g/mol. The van der Waals surface area contributed by atoms with Gasteiger partial charge in [0.15, 0.2) is 0 Å². The van der Waals surface area contributed by atoms with Crippen molar-refractivity contribution in [2.75, 3.05) is 13.2 Å². The molecule has 0 saturated heterocycles. The van der Waals surface area contributed by atoms with Crippen molar-refractivity contribution in [1.82, 2.24) is 0 Å². The van der Waals surface area contributed by atoms with Crippen molar-refractivity contribution in [3.63, 3.8) is 0 Å². The van der Waals surface area contributed by atoms with Gasteiger partial charge in [-0.15, -0.1) is 0 Å². The van der Waals surface area contributed by atoms with Crippen molar-refractivity contribution >= 4 is 69.9 Å². The summed E-state index contributed by atoms with van der Waals surface area (Å²) in [6.45, 7) is 2.96. The Bertz CT molecular complexity index is 1390. The van der Waals surface area contributed by atoms with E-state index in [1.54, 1.807) is 0 Å². The van der Waals surface area contributed by atoms with Crippen LogP contribution in [-0.2, 0) is 19.1 Å². The first-order chi connectivity index (χ1) is 19.0. The highest BCUT2D eigenvalue weighted by atomic mass is 127. The van der Waals surface area contributed by atoms with Gasteiger partial charge < -0.3 is 18.9 Å². The van der Waals surface area contributed by atoms with E-state index in [4.69, 9.17) is 37.4 Å². The number of hydrogen-bond acceptors (Lipinski definition) is 6. The molecule has 0 N–H and O–H groups in total. The van der Waals surface area contributed by atoms with E-state index in [9.17, 15) is 35.9 Å². The Morgan fingerprint density at radius 3 is 1.90 bits per heavy atom. The Morgan fingerprint density at radius 2 is 1.39 bits per heavy atom. The molecule has 2 unspecified atom stereocenters. The second-order valence-electron chi connectivity index (χ2n) is 8.20. The summed E-state index contributed by atoms with van der Waals surface area (Å²) in [6.07, 6.45) is -9.64. The molecule has 2 aliphatic heterocycles. The maximum Gasteiger partial charge on any atom is 0.442 e. The van der Waals surface area contributed by atoms with Gasteiger partial charge in [0.2, 0.25) is 6.10 Å². The third-order valence-corrected chi connectivity index (χ3v) is 7.23. The van der Waals surface area contributed by atoms with Gasteiger partial charge in [0.25, 0.3) is 3.61 Å². The number of carbonyl (C=O) groups excluding carboxylic acids is 2. The van der Waals surface area contributed by atoms with Crippen LogP contribution in [0.2, 0.25) is 10.0 Å². The molecular formula is C26H19Cl2F6IO6. The highest BCUT2D eigenvalue weighted by Gasteiger charge is 2.62. The average molecular weight is 739 g/mol. The molecule has 4 rings (SSSR count). The smallest absolute Gasteiger partial charge is 0.442 e. The number of esters is 2. The van der Waals surface area contributed by atoms with E-state index in [1.165, 1.54) is 50.2 Å². The standard InChI is InChI=1S/C13H9ClF3IO3.C13H10ClF3O3/c1-2-20-11(19)9-6-7-5-8(14)3-4-10(7)21-12(9,18)13(15,16)17;1-2-19-12(18)9-6-7-5-8(14)3-4-10(7)20-11(9)13(15,16)17/h3-6H,2H2,1H3;3-6,11H,2H2,1H3. The molecule has 0 spiro atoms. The Labute approximate surface area is 253 Å². The van der Waals surface area contributed by atoms with Crippen LogP contribution in [0.5, 0.6) is 11.5 Å². The monoisotopic (exact) mass is 738 g/mol. The van der Waals surface area contributed by atoms with Crippen LogP contribution in [0.4, 0.5) is 26.3 Å². The van der Waals surface area contributed by atoms with Gasteiger partial charge in [0, 0.05) is 21.2 Å². The second-order valence-corrected chi connectivity index (χ2v) is 10.6. The van der Waals surface area contributed by atoms with Crippen molar-refractivity contribution in [3.8, 4) is 11.5 Å². The summed E-state index contributed by atoms with van der Waals surface area (Å²) < 4.78 is 95.4. The van der Waals surface area contributed by atoms with Crippen LogP contribution < -0.4 is 9.47 Å². The zero-order chi connectivity index (χ0) is 30.8. The van der Waals surface area contributed by atoms with Crippen LogP contribution in [0.1, 0.15) is 25.0 Å². The molecule has 2 aliphatic rings. The third kappa shape index (κ3) is 7.41.